The highest BCUT2D eigenvalue weighted by atomic mass is 16.1. The van der Waals surface area contributed by atoms with E-state index in [4.69, 9.17) is 0 Å². The number of allylic oxidation sites excluding steroid dienone is 7. The van der Waals surface area contributed by atoms with E-state index < -0.39 is 0 Å². The van der Waals surface area contributed by atoms with Gasteiger partial charge in [-0.1, -0.05) is 60.7 Å². The third-order valence-electron chi connectivity index (χ3n) is 3.15. The average molecular weight is 266 g/mol. The summed E-state index contributed by atoms with van der Waals surface area (Å²) in [6, 6.07) is 8.31. The van der Waals surface area contributed by atoms with Crippen molar-refractivity contribution in [1.82, 2.24) is 0 Å². The monoisotopic (exact) mass is 266 g/mol. The van der Waals surface area contributed by atoms with Gasteiger partial charge in [-0.25, -0.2) is 0 Å². The third kappa shape index (κ3) is 3.67. The van der Waals surface area contributed by atoms with E-state index in [0.29, 0.717) is 5.57 Å². The number of hydrogen-bond donors (Lipinski definition) is 0. The van der Waals surface area contributed by atoms with E-state index in [9.17, 15) is 4.79 Å². The zero-order valence-electron chi connectivity index (χ0n) is 12.7. The summed E-state index contributed by atoms with van der Waals surface area (Å²) < 4.78 is 0. The molecule has 0 N–H and O–H groups in total. The fourth-order valence-electron chi connectivity index (χ4n) is 2.15. The van der Waals surface area contributed by atoms with E-state index in [-0.39, 0.29) is 5.78 Å². The molecule has 0 fully saturated rings. The van der Waals surface area contributed by atoms with Crippen LogP contribution in [0.3, 0.4) is 0 Å². The summed E-state index contributed by atoms with van der Waals surface area (Å²) in [5.74, 6) is 0.0274. The number of benzene rings is 1. The summed E-state index contributed by atoms with van der Waals surface area (Å²) in [5.41, 5.74) is 4.94. The van der Waals surface area contributed by atoms with Gasteiger partial charge >= 0.3 is 0 Å². The normalized spacial score (nSPS) is 13.3. The van der Waals surface area contributed by atoms with Crippen molar-refractivity contribution in [2.24, 2.45) is 0 Å². The molecule has 1 heteroatoms. The maximum Gasteiger partial charge on any atom is 0.160 e. The molecule has 0 aliphatic carbocycles. The van der Waals surface area contributed by atoms with Crippen LogP contribution in [-0.2, 0) is 4.79 Å². The van der Waals surface area contributed by atoms with Crippen LogP contribution in [0, 0.1) is 6.92 Å². The first-order valence-corrected chi connectivity index (χ1v) is 6.79. The number of ketones is 1. The molecule has 1 aromatic carbocycles. The van der Waals surface area contributed by atoms with Gasteiger partial charge in [-0.15, -0.1) is 0 Å². The molecular weight excluding hydrogens is 244 g/mol. The van der Waals surface area contributed by atoms with Gasteiger partial charge in [0.05, 0.1) is 0 Å². The van der Waals surface area contributed by atoms with Crippen molar-refractivity contribution >= 4 is 11.4 Å². The molecule has 0 radical (unpaired) electrons. The van der Waals surface area contributed by atoms with Crippen molar-refractivity contribution in [3.8, 4) is 0 Å². The Morgan fingerprint density at radius 1 is 1.10 bits per heavy atom. The molecule has 0 aromatic heterocycles. The van der Waals surface area contributed by atoms with Crippen LogP contribution < -0.4 is 0 Å². The molecule has 20 heavy (non-hydrogen) atoms. The zero-order valence-corrected chi connectivity index (χ0v) is 12.7. The van der Waals surface area contributed by atoms with Crippen LogP contribution in [0.5, 0.6) is 0 Å². The lowest BCUT2D eigenvalue weighted by molar-refractivity contribution is -0.113. The molecule has 0 atom stereocenters. The van der Waals surface area contributed by atoms with Crippen molar-refractivity contribution in [2.75, 3.05) is 0 Å². The third-order valence-corrected chi connectivity index (χ3v) is 3.15. The van der Waals surface area contributed by atoms with Gasteiger partial charge in [0.15, 0.2) is 5.78 Å². The van der Waals surface area contributed by atoms with Crippen molar-refractivity contribution in [1.29, 1.82) is 0 Å². The van der Waals surface area contributed by atoms with E-state index in [1.165, 1.54) is 5.56 Å². The Morgan fingerprint density at radius 2 is 1.70 bits per heavy atom. The molecule has 104 valence electrons. The van der Waals surface area contributed by atoms with Gasteiger partial charge in [0.1, 0.15) is 0 Å². The Labute approximate surface area is 122 Å². The molecule has 0 saturated carbocycles. The fourth-order valence-corrected chi connectivity index (χ4v) is 2.15. The molecule has 0 unspecified atom stereocenters. The lowest BCUT2D eigenvalue weighted by Crippen LogP contribution is -2.00. The Morgan fingerprint density at radius 3 is 2.10 bits per heavy atom. The van der Waals surface area contributed by atoms with Crippen molar-refractivity contribution in [3.05, 3.63) is 77.4 Å². The van der Waals surface area contributed by atoms with Gasteiger partial charge in [-0.05, 0) is 44.4 Å². The SMILES string of the molecule is C=C/C(C(C)=O)=C(\C=C/C)C(=C/C)/c1ccc(C)cc1. The minimum absolute atomic E-state index is 0.0274. The second kappa shape index (κ2) is 7.44. The largest absolute Gasteiger partial charge is 0.294 e. The second-order valence-electron chi connectivity index (χ2n) is 4.66. The van der Waals surface area contributed by atoms with Crippen LogP contribution in [0.15, 0.2) is 66.3 Å². The zero-order chi connectivity index (χ0) is 15.1. The Kier molecular flexibility index (Phi) is 5.92. The van der Waals surface area contributed by atoms with Gasteiger partial charge in [-0.2, -0.15) is 0 Å². The van der Waals surface area contributed by atoms with E-state index >= 15 is 0 Å². The quantitative estimate of drug-likeness (QED) is 0.538. The molecule has 1 nitrogen and oxygen atoms in total. The average Bonchev–Trinajstić information content (AvgIpc) is 2.42. The van der Waals surface area contributed by atoms with Gasteiger partial charge in [0.25, 0.3) is 0 Å². The maximum absolute atomic E-state index is 11.8. The smallest absolute Gasteiger partial charge is 0.160 e. The number of Topliss-reactive ketones (excluding diaryl/α,β-unsaturated/α-hetero) is 1. The van der Waals surface area contributed by atoms with E-state index in [2.05, 4.69) is 37.8 Å². The first kappa shape index (κ1) is 15.9. The number of aryl methyl sites for hydroxylation is 1. The Balaban J connectivity index is 3.49. The number of carbonyl (C=O) groups is 1. The molecule has 0 amide bonds. The van der Waals surface area contributed by atoms with Crippen LogP contribution in [0.2, 0.25) is 0 Å². The predicted molar refractivity (Wildman–Crippen MR) is 87.5 cm³/mol. The van der Waals surface area contributed by atoms with Gasteiger partial charge < -0.3 is 0 Å². The van der Waals surface area contributed by atoms with Crippen LogP contribution in [-0.4, -0.2) is 5.78 Å². The summed E-state index contributed by atoms with van der Waals surface area (Å²) in [6.45, 7) is 11.3. The van der Waals surface area contributed by atoms with E-state index in [0.717, 1.165) is 16.7 Å². The maximum atomic E-state index is 11.8. The molecule has 0 spiro atoms. The van der Waals surface area contributed by atoms with E-state index in [1.807, 2.05) is 32.1 Å². The fraction of sp³-hybridized carbons (Fsp3) is 0.211. The van der Waals surface area contributed by atoms with Gasteiger partial charge in [0.2, 0.25) is 0 Å². The van der Waals surface area contributed by atoms with Crippen molar-refractivity contribution in [2.45, 2.75) is 27.7 Å². The van der Waals surface area contributed by atoms with Crippen molar-refractivity contribution in [3.63, 3.8) is 0 Å². The number of carbonyl (C=O) groups excluding carboxylic acids is 1. The van der Waals surface area contributed by atoms with Gasteiger partial charge in [-0.3, -0.25) is 4.79 Å². The van der Waals surface area contributed by atoms with Crippen LogP contribution in [0.25, 0.3) is 5.57 Å². The predicted octanol–water partition coefficient (Wildman–Crippen LogP) is 5.05. The molecule has 0 aliphatic rings. The standard InChI is InChI=1S/C19H22O/c1-6-9-19(17(7-2)15(5)20)18(8-3)16-12-10-14(4)11-13-16/h6-13H,2H2,1,3-5H3/b9-6-,18-8+,19-17-. The number of hydrogen-bond acceptors (Lipinski definition) is 1. The molecular formula is C19H22O. The Bertz CT molecular complexity index is 581. The summed E-state index contributed by atoms with van der Waals surface area (Å²) in [5, 5.41) is 0. The van der Waals surface area contributed by atoms with Crippen LogP contribution in [0.1, 0.15) is 31.9 Å². The lowest BCUT2D eigenvalue weighted by Gasteiger charge is -2.12. The van der Waals surface area contributed by atoms with Gasteiger partial charge in [0, 0.05) is 5.57 Å². The second-order valence-corrected chi connectivity index (χ2v) is 4.66. The van der Waals surface area contributed by atoms with Crippen LogP contribution in [0.4, 0.5) is 0 Å². The highest BCUT2D eigenvalue weighted by Crippen LogP contribution is 2.28. The summed E-state index contributed by atoms with van der Waals surface area (Å²) in [6.07, 6.45) is 7.58. The molecule has 1 rings (SSSR count). The minimum atomic E-state index is 0.0274. The molecule has 0 aliphatic heterocycles. The molecule has 0 saturated heterocycles. The van der Waals surface area contributed by atoms with Crippen molar-refractivity contribution < 1.29 is 4.79 Å². The first-order chi connectivity index (χ1) is 9.54. The minimum Gasteiger partial charge on any atom is -0.294 e. The number of rotatable bonds is 5. The summed E-state index contributed by atoms with van der Waals surface area (Å²) >= 11 is 0. The van der Waals surface area contributed by atoms with E-state index in [1.54, 1.807) is 13.0 Å². The van der Waals surface area contributed by atoms with Crippen LogP contribution >= 0.6 is 0 Å². The molecule has 1 aromatic rings. The topological polar surface area (TPSA) is 17.1 Å². The highest BCUT2D eigenvalue weighted by Gasteiger charge is 2.12. The lowest BCUT2D eigenvalue weighted by atomic mass is 9.91. The summed E-state index contributed by atoms with van der Waals surface area (Å²) in [7, 11) is 0. The highest BCUT2D eigenvalue weighted by molar-refractivity contribution is 6.02. The summed E-state index contributed by atoms with van der Waals surface area (Å²) in [4.78, 5) is 11.8. The first-order valence-electron chi connectivity index (χ1n) is 6.79. The molecule has 0 heterocycles. The molecule has 0 bridgehead atoms. The Hall–Kier alpha value is -2.15.